The normalized spacial score (nSPS) is 20.0. The van der Waals surface area contributed by atoms with E-state index in [0.717, 1.165) is 13.2 Å². The molecule has 2 aromatic rings. The fourth-order valence-electron chi connectivity index (χ4n) is 2.59. The smallest absolute Gasteiger partial charge is 0.0721 e. The summed E-state index contributed by atoms with van der Waals surface area (Å²) < 4.78 is 5.69. The maximum absolute atomic E-state index is 5.69. The number of rotatable bonds is 3. The Morgan fingerprint density at radius 2 is 2.11 bits per heavy atom. The minimum absolute atomic E-state index is 0.294. The van der Waals surface area contributed by atoms with Crippen LogP contribution in [0.2, 0.25) is 0 Å². The molecule has 1 N–H and O–H groups in total. The Balaban J connectivity index is 1.77. The lowest BCUT2D eigenvalue weighted by atomic mass is 9.98. The molecular weight excluding hydrogens is 254 g/mol. The average Bonchev–Trinajstić information content (AvgIpc) is 2.86. The Kier molecular flexibility index (Phi) is 3.69. The van der Waals surface area contributed by atoms with Gasteiger partial charge in [-0.05, 0) is 37.1 Å². The number of aryl methyl sites for hydroxylation is 1. The van der Waals surface area contributed by atoms with Crippen molar-refractivity contribution in [2.45, 2.75) is 32.5 Å². The Morgan fingerprint density at radius 3 is 2.89 bits per heavy atom. The van der Waals surface area contributed by atoms with Gasteiger partial charge in [0.05, 0.1) is 19.3 Å². The molecule has 1 aliphatic rings. The van der Waals surface area contributed by atoms with Gasteiger partial charge in [0.15, 0.2) is 0 Å². The van der Waals surface area contributed by atoms with Crippen molar-refractivity contribution >= 4 is 11.3 Å². The van der Waals surface area contributed by atoms with Gasteiger partial charge in [0.2, 0.25) is 0 Å². The molecule has 0 saturated heterocycles. The minimum atomic E-state index is 0.294. The molecule has 3 rings (SSSR count). The standard InChI is InChI=1S/C16H19NOS/c1-11-7-8-16(19-11)12(2)17-15-10-18-9-13-5-3-4-6-14(13)15/h3-8,12,15,17H,9-10H2,1-2H3. The lowest BCUT2D eigenvalue weighted by Gasteiger charge is -2.29. The molecule has 2 unspecified atom stereocenters. The van der Waals surface area contributed by atoms with E-state index >= 15 is 0 Å². The first-order valence-corrected chi connectivity index (χ1v) is 7.53. The molecule has 2 nitrogen and oxygen atoms in total. The van der Waals surface area contributed by atoms with Crippen molar-refractivity contribution in [3.05, 3.63) is 57.3 Å². The summed E-state index contributed by atoms with van der Waals surface area (Å²) in [7, 11) is 0. The summed E-state index contributed by atoms with van der Waals surface area (Å²) in [6.07, 6.45) is 0. The quantitative estimate of drug-likeness (QED) is 0.913. The van der Waals surface area contributed by atoms with Crippen LogP contribution in [0.4, 0.5) is 0 Å². The number of hydrogen-bond donors (Lipinski definition) is 1. The molecule has 1 aromatic carbocycles. The fourth-order valence-corrected chi connectivity index (χ4v) is 3.48. The van der Waals surface area contributed by atoms with Gasteiger partial charge in [0.25, 0.3) is 0 Å². The van der Waals surface area contributed by atoms with Crippen molar-refractivity contribution in [2.24, 2.45) is 0 Å². The second-order valence-corrected chi connectivity index (χ2v) is 6.42. The van der Waals surface area contributed by atoms with E-state index in [1.807, 2.05) is 11.3 Å². The first-order valence-electron chi connectivity index (χ1n) is 6.72. The number of fused-ring (bicyclic) bond motifs is 1. The summed E-state index contributed by atoms with van der Waals surface area (Å²) >= 11 is 1.86. The highest BCUT2D eigenvalue weighted by Crippen LogP contribution is 2.29. The van der Waals surface area contributed by atoms with Gasteiger partial charge in [-0.25, -0.2) is 0 Å². The molecule has 2 atom stereocenters. The molecule has 2 heterocycles. The zero-order valence-electron chi connectivity index (χ0n) is 11.3. The van der Waals surface area contributed by atoms with Gasteiger partial charge in [-0.15, -0.1) is 11.3 Å². The van der Waals surface area contributed by atoms with Crippen LogP contribution in [0.25, 0.3) is 0 Å². The molecule has 0 radical (unpaired) electrons. The highest BCUT2D eigenvalue weighted by molar-refractivity contribution is 7.12. The Morgan fingerprint density at radius 1 is 1.26 bits per heavy atom. The Labute approximate surface area is 118 Å². The predicted octanol–water partition coefficient (Wildman–Crippen LogP) is 3.98. The molecule has 100 valence electrons. The summed E-state index contributed by atoms with van der Waals surface area (Å²) in [4.78, 5) is 2.75. The molecule has 1 aliphatic heterocycles. The van der Waals surface area contributed by atoms with Gasteiger partial charge in [-0.1, -0.05) is 24.3 Å². The minimum Gasteiger partial charge on any atom is -0.375 e. The number of benzene rings is 1. The van der Waals surface area contributed by atoms with E-state index in [4.69, 9.17) is 4.74 Å². The Bertz CT molecular complexity index is 563. The molecule has 0 saturated carbocycles. The summed E-state index contributed by atoms with van der Waals surface area (Å²) in [5, 5.41) is 3.69. The summed E-state index contributed by atoms with van der Waals surface area (Å²) in [6, 6.07) is 13.6. The molecule has 0 fully saturated rings. The fraction of sp³-hybridized carbons (Fsp3) is 0.375. The van der Waals surface area contributed by atoms with Crippen molar-refractivity contribution in [2.75, 3.05) is 6.61 Å². The number of ether oxygens (including phenoxy) is 1. The third-order valence-corrected chi connectivity index (χ3v) is 4.80. The van der Waals surface area contributed by atoms with E-state index in [-0.39, 0.29) is 0 Å². The summed E-state index contributed by atoms with van der Waals surface area (Å²) in [5.74, 6) is 0. The summed E-state index contributed by atoms with van der Waals surface area (Å²) in [5.41, 5.74) is 2.69. The third kappa shape index (κ3) is 2.73. The summed E-state index contributed by atoms with van der Waals surface area (Å²) in [6.45, 7) is 5.87. The molecule has 0 bridgehead atoms. The van der Waals surface area contributed by atoms with Crippen LogP contribution in [0.5, 0.6) is 0 Å². The monoisotopic (exact) mass is 273 g/mol. The van der Waals surface area contributed by atoms with E-state index in [2.05, 4.69) is 55.6 Å². The van der Waals surface area contributed by atoms with E-state index in [9.17, 15) is 0 Å². The van der Waals surface area contributed by atoms with Crippen LogP contribution in [0.15, 0.2) is 36.4 Å². The number of nitrogens with one attached hydrogen (secondary N) is 1. The van der Waals surface area contributed by atoms with Gasteiger partial charge >= 0.3 is 0 Å². The van der Waals surface area contributed by atoms with Crippen molar-refractivity contribution < 1.29 is 4.74 Å². The van der Waals surface area contributed by atoms with Gasteiger partial charge in [-0.3, -0.25) is 0 Å². The van der Waals surface area contributed by atoms with Crippen molar-refractivity contribution in [3.8, 4) is 0 Å². The maximum Gasteiger partial charge on any atom is 0.0721 e. The van der Waals surface area contributed by atoms with E-state index in [1.54, 1.807) is 0 Å². The first-order chi connectivity index (χ1) is 9.24. The second-order valence-electron chi connectivity index (χ2n) is 5.10. The molecular formula is C16H19NOS. The number of hydrogen-bond acceptors (Lipinski definition) is 3. The molecule has 0 amide bonds. The molecule has 0 aliphatic carbocycles. The molecule has 0 spiro atoms. The highest BCUT2D eigenvalue weighted by atomic mass is 32.1. The van der Waals surface area contributed by atoms with E-state index in [0.29, 0.717) is 12.1 Å². The maximum atomic E-state index is 5.69. The van der Waals surface area contributed by atoms with Gasteiger partial charge < -0.3 is 10.1 Å². The highest BCUT2D eigenvalue weighted by Gasteiger charge is 2.22. The van der Waals surface area contributed by atoms with Crippen LogP contribution in [-0.2, 0) is 11.3 Å². The topological polar surface area (TPSA) is 21.3 Å². The predicted molar refractivity (Wildman–Crippen MR) is 79.4 cm³/mol. The second kappa shape index (κ2) is 5.45. The van der Waals surface area contributed by atoms with Crippen molar-refractivity contribution in [3.63, 3.8) is 0 Å². The average molecular weight is 273 g/mol. The van der Waals surface area contributed by atoms with Gasteiger partial charge in [0, 0.05) is 15.8 Å². The van der Waals surface area contributed by atoms with E-state index < -0.39 is 0 Å². The third-order valence-electron chi connectivity index (χ3n) is 3.61. The molecule has 1 aromatic heterocycles. The van der Waals surface area contributed by atoms with Gasteiger partial charge in [0.1, 0.15) is 0 Å². The van der Waals surface area contributed by atoms with Gasteiger partial charge in [-0.2, -0.15) is 0 Å². The van der Waals surface area contributed by atoms with Crippen molar-refractivity contribution in [1.29, 1.82) is 0 Å². The molecule has 19 heavy (non-hydrogen) atoms. The van der Waals surface area contributed by atoms with Crippen molar-refractivity contribution in [1.82, 2.24) is 5.32 Å². The molecule has 3 heteroatoms. The lowest BCUT2D eigenvalue weighted by molar-refractivity contribution is 0.0792. The van der Waals surface area contributed by atoms with E-state index in [1.165, 1.54) is 20.9 Å². The van der Waals surface area contributed by atoms with Crippen LogP contribution >= 0.6 is 11.3 Å². The van der Waals surface area contributed by atoms with Crippen LogP contribution in [-0.4, -0.2) is 6.61 Å². The van der Waals surface area contributed by atoms with Crippen LogP contribution in [0, 0.1) is 6.92 Å². The largest absolute Gasteiger partial charge is 0.375 e. The van der Waals surface area contributed by atoms with Crippen LogP contribution in [0.3, 0.4) is 0 Å². The van der Waals surface area contributed by atoms with Crippen LogP contribution < -0.4 is 5.32 Å². The zero-order chi connectivity index (χ0) is 13.2. The SMILES string of the molecule is Cc1ccc(C(C)NC2COCc3ccccc32)s1. The number of thiophene rings is 1. The zero-order valence-corrected chi connectivity index (χ0v) is 12.2. The first kappa shape index (κ1) is 12.9. The Hall–Kier alpha value is -1.16. The lowest BCUT2D eigenvalue weighted by Crippen LogP contribution is -2.31. The van der Waals surface area contributed by atoms with Crippen LogP contribution in [0.1, 0.15) is 39.9 Å².